The number of aryl methyl sites for hydroxylation is 1. The molecule has 2 rings (SSSR count). The van der Waals surface area contributed by atoms with Gasteiger partial charge in [-0.15, -0.1) is 0 Å². The number of rotatable bonds is 4. The normalized spacial score (nSPS) is 23.8. The number of nitrogens with one attached hydrogen (secondary N) is 1. The highest BCUT2D eigenvalue weighted by Crippen LogP contribution is 2.16. The van der Waals surface area contributed by atoms with Gasteiger partial charge < -0.3 is 10.2 Å². The molecule has 0 amide bonds. The third-order valence-corrected chi connectivity index (χ3v) is 3.74. The molecule has 17 heavy (non-hydrogen) atoms. The first kappa shape index (κ1) is 12.6. The minimum Gasteiger partial charge on any atom is -0.305 e. The molecule has 4 heteroatoms. The van der Waals surface area contributed by atoms with E-state index in [2.05, 4.69) is 35.2 Å². The quantitative estimate of drug-likeness (QED) is 0.861. The van der Waals surface area contributed by atoms with Gasteiger partial charge in [0.25, 0.3) is 0 Å². The molecule has 2 unspecified atom stereocenters. The van der Waals surface area contributed by atoms with Crippen LogP contribution in [0.25, 0.3) is 0 Å². The zero-order valence-corrected chi connectivity index (χ0v) is 11.2. The van der Waals surface area contributed by atoms with Crippen LogP contribution in [0.4, 0.5) is 0 Å². The van der Waals surface area contributed by atoms with E-state index in [-0.39, 0.29) is 0 Å². The molecule has 1 N–H and O–H groups in total. The van der Waals surface area contributed by atoms with Gasteiger partial charge in [-0.2, -0.15) is 5.10 Å². The standard InChI is InChI=1S/C13H24N4/c1-4-17-9-5-6-12(10-17)15-11(2)13-7-8-14-16(13)3/h7-8,11-12,15H,4-6,9-10H2,1-3H3. The fourth-order valence-corrected chi connectivity index (χ4v) is 2.73. The van der Waals surface area contributed by atoms with Crippen molar-refractivity contribution in [3.63, 3.8) is 0 Å². The van der Waals surface area contributed by atoms with Crippen LogP contribution >= 0.6 is 0 Å². The van der Waals surface area contributed by atoms with E-state index in [9.17, 15) is 0 Å². The van der Waals surface area contributed by atoms with Crippen LogP contribution < -0.4 is 5.32 Å². The highest BCUT2D eigenvalue weighted by molar-refractivity contribution is 5.05. The molecule has 2 heterocycles. The second-order valence-electron chi connectivity index (χ2n) is 5.00. The zero-order valence-electron chi connectivity index (χ0n) is 11.2. The lowest BCUT2D eigenvalue weighted by Crippen LogP contribution is -2.46. The maximum Gasteiger partial charge on any atom is 0.0547 e. The molecule has 0 aliphatic carbocycles. The summed E-state index contributed by atoms with van der Waals surface area (Å²) in [6, 6.07) is 3.09. The largest absolute Gasteiger partial charge is 0.305 e. The van der Waals surface area contributed by atoms with Crippen molar-refractivity contribution in [2.75, 3.05) is 19.6 Å². The van der Waals surface area contributed by atoms with E-state index in [1.54, 1.807) is 0 Å². The van der Waals surface area contributed by atoms with Crippen LogP contribution in [0.15, 0.2) is 12.3 Å². The van der Waals surface area contributed by atoms with E-state index >= 15 is 0 Å². The predicted molar refractivity (Wildman–Crippen MR) is 69.9 cm³/mol. The molecule has 0 aromatic carbocycles. The van der Waals surface area contributed by atoms with Gasteiger partial charge in [-0.25, -0.2) is 0 Å². The molecule has 1 fully saturated rings. The minimum absolute atomic E-state index is 0.379. The highest BCUT2D eigenvalue weighted by atomic mass is 15.3. The van der Waals surface area contributed by atoms with E-state index in [1.807, 2.05) is 17.9 Å². The van der Waals surface area contributed by atoms with Gasteiger partial charge >= 0.3 is 0 Å². The zero-order chi connectivity index (χ0) is 12.3. The molecule has 1 aromatic heterocycles. The van der Waals surface area contributed by atoms with Crippen molar-refractivity contribution in [1.29, 1.82) is 0 Å². The second kappa shape index (κ2) is 5.65. The number of aromatic nitrogens is 2. The smallest absolute Gasteiger partial charge is 0.0547 e. The molecule has 1 saturated heterocycles. The molecule has 1 aliphatic heterocycles. The average molecular weight is 236 g/mol. The van der Waals surface area contributed by atoms with Gasteiger partial charge in [0.1, 0.15) is 0 Å². The van der Waals surface area contributed by atoms with E-state index in [0.717, 1.165) is 6.54 Å². The lowest BCUT2D eigenvalue weighted by Gasteiger charge is -2.34. The van der Waals surface area contributed by atoms with Crippen LogP contribution in [0.5, 0.6) is 0 Å². The summed E-state index contributed by atoms with van der Waals surface area (Å²) >= 11 is 0. The van der Waals surface area contributed by atoms with Crippen LogP contribution in [0.2, 0.25) is 0 Å². The van der Waals surface area contributed by atoms with Crippen molar-refractivity contribution in [2.24, 2.45) is 7.05 Å². The number of piperidine rings is 1. The molecule has 0 radical (unpaired) electrons. The molecular formula is C13H24N4. The first-order chi connectivity index (χ1) is 8.20. The Bertz CT molecular complexity index is 347. The van der Waals surface area contributed by atoms with Crippen molar-refractivity contribution in [3.05, 3.63) is 18.0 Å². The first-order valence-electron chi connectivity index (χ1n) is 6.67. The summed E-state index contributed by atoms with van der Waals surface area (Å²) in [5, 5.41) is 7.95. The maximum atomic E-state index is 4.23. The number of likely N-dealkylation sites (N-methyl/N-ethyl adjacent to an activating group) is 1. The second-order valence-corrected chi connectivity index (χ2v) is 5.00. The van der Waals surface area contributed by atoms with Gasteiger partial charge in [0, 0.05) is 31.9 Å². The molecule has 0 spiro atoms. The van der Waals surface area contributed by atoms with Crippen LogP contribution in [0.1, 0.15) is 38.4 Å². The number of nitrogens with zero attached hydrogens (tertiary/aromatic N) is 3. The molecular weight excluding hydrogens is 212 g/mol. The van der Waals surface area contributed by atoms with E-state index in [4.69, 9.17) is 0 Å². The Balaban J connectivity index is 1.90. The molecule has 1 aromatic rings. The summed E-state index contributed by atoms with van der Waals surface area (Å²) < 4.78 is 1.96. The number of likely N-dealkylation sites (tertiary alicyclic amines) is 1. The lowest BCUT2D eigenvalue weighted by atomic mass is 10.0. The average Bonchev–Trinajstić information content (AvgIpc) is 2.76. The van der Waals surface area contributed by atoms with Crippen molar-refractivity contribution in [2.45, 2.75) is 38.8 Å². The van der Waals surface area contributed by atoms with E-state index < -0.39 is 0 Å². The SMILES string of the molecule is CCN1CCCC(NC(C)c2ccnn2C)C1. The highest BCUT2D eigenvalue weighted by Gasteiger charge is 2.21. The maximum absolute atomic E-state index is 4.23. The van der Waals surface area contributed by atoms with Crippen LogP contribution in [-0.4, -0.2) is 40.4 Å². The van der Waals surface area contributed by atoms with Gasteiger partial charge in [-0.05, 0) is 38.9 Å². The predicted octanol–water partition coefficient (Wildman–Crippen LogP) is 1.55. The summed E-state index contributed by atoms with van der Waals surface area (Å²) in [5.74, 6) is 0. The number of hydrogen-bond acceptors (Lipinski definition) is 3. The van der Waals surface area contributed by atoms with Crippen molar-refractivity contribution in [3.8, 4) is 0 Å². The molecule has 1 aliphatic rings. The first-order valence-corrected chi connectivity index (χ1v) is 6.67. The minimum atomic E-state index is 0.379. The van der Waals surface area contributed by atoms with Gasteiger partial charge in [-0.1, -0.05) is 6.92 Å². The summed E-state index contributed by atoms with van der Waals surface area (Å²) in [6.45, 7) is 8.07. The van der Waals surface area contributed by atoms with Gasteiger partial charge in [0.05, 0.1) is 5.69 Å². The van der Waals surface area contributed by atoms with Crippen LogP contribution in [-0.2, 0) is 7.05 Å². The molecule has 2 atom stereocenters. The number of hydrogen-bond donors (Lipinski definition) is 1. The fourth-order valence-electron chi connectivity index (χ4n) is 2.73. The van der Waals surface area contributed by atoms with E-state index in [0.29, 0.717) is 12.1 Å². The van der Waals surface area contributed by atoms with Crippen molar-refractivity contribution in [1.82, 2.24) is 20.0 Å². The van der Waals surface area contributed by atoms with Crippen molar-refractivity contribution < 1.29 is 0 Å². The van der Waals surface area contributed by atoms with E-state index in [1.165, 1.54) is 31.6 Å². The Morgan fingerprint density at radius 3 is 3.06 bits per heavy atom. The summed E-state index contributed by atoms with van der Waals surface area (Å²) in [7, 11) is 2.01. The Labute approximate surface area is 104 Å². The summed E-state index contributed by atoms with van der Waals surface area (Å²) in [6.07, 6.45) is 4.47. The van der Waals surface area contributed by atoms with Gasteiger partial charge in [-0.3, -0.25) is 4.68 Å². The third-order valence-electron chi connectivity index (χ3n) is 3.74. The Morgan fingerprint density at radius 1 is 1.59 bits per heavy atom. The topological polar surface area (TPSA) is 33.1 Å². The van der Waals surface area contributed by atoms with Crippen molar-refractivity contribution >= 4 is 0 Å². The van der Waals surface area contributed by atoms with Crippen LogP contribution in [0, 0.1) is 0 Å². The Kier molecular flexibility index (Phi) is 4.18. The Hall–Kier alpha value is -0.870. The van der Waals surface area contributed by atoms with Gasteiger partial charge in [0.2, 0.25) is 0 Å². The lowest BCUT2D eigenvalue weighted by molar-refractivity contribution is 0.191. The monoisotopic (exact) mass is 236 g/mol. The van der Waals surface area contributed by atoms with Crippen LogP contribution in [0.3, 0.4) is 0 Å². The fraction of sp³-hybridized carbons (Fsp3) is 0.769. The molecule has 96 valence electrons. The molecule has 4 nitrogen and oxygen atoms in total. The third kappa shape index (κ3) is 3.07. The summed E-state index contributed by atoms with van der Waals surface area (Å²) in [5.41, 5.74) is 1.26. The Morgan fingerprint density at radius 2 is 2.41 bits per heavy atom. The van der Waals surface area contributed by atoms with Gasteiger partial charge in [0.15, 0.2) is 0 Å². The molecule has 0 bridgehead atoms. The molecule has 0 saturated carbocycles. The summed E-state index contributed by atoms with van der Waals surface area (Å²) in [4.78, 5) is 2.52.